The molecule has 136 valence electrons. The number of likely N-dealkylation sites (tertiary alicyclic amines) is 1. The molecular formula is C18H21N5O3. The molecule has 0 aliphatic carbocycles. The number of ether oxygens (including phenoxy) is 1. The minimum atomic E-state index is -0.634. The largest absolute Gasteiger partial charge is 0.357 e. The average Bonchev–Trinajstić information content (AvgIpc) is 3.18. The summed E-state index contributed by atoms with van der Waals surface area (Å²) in [5.74, 6) is 0.665. The van der Waals surface area contributed by atoms with Crippen LogP contribution in [0, 0.1) is 0 Å². The van der Waals surface area contributed by atoms with Crippen molar-refractivity contribution in [1.82, 2.24) is 24.8 Å². The summed E-state index contributed by atoms with van der Waals surface area (Å²) in [6.07, 6.45) is 7.49. The third-order valence-electron chi connectivity index (χ3n) is 5.16. The molecule has 0 radical (unpaired) electrons. The minimum absolute atomic E-state index is 0.0325. The van der Waals surface area contributed by atoms with Gasteiger partial charge in [-0.2, -0.15) is 0 Å². The Hall–Kier alpha value is -2.74. The van der Waals surface area contributed by atoms with E-state index >= 15 is 0 Å². The number of fused-ring (bicyclic) bond motifs is 2. The Labute approximate surface area is 151 Å². The van der Waals surface area contributed by atoms with Crippen molar-refractivity contribution in [3.05, 3.63) is 48.3 Å². The topological polar surface area (TPSA) is 89.4 Å². The quantitative estimate of drug-likeness (QED) is 0.850. The van der Waals surface area contributed by atoms with E-state index in [0.717, 1.165) is 5.82 Å². The smallest absolute Gasteiger partial charge is 0.255 e. The first-order valence-corrected chi connectivity index (χ1v) is 8.73. The number of aromatic nitrogens is 3. The van der Waals surface area contributed by atoms with Crippen molar-refractivity contribution >= 4 is 11.8 Å². The Kier molecular flexibility index (Phi) is 4.20. The van der Waals surface area contributed by atoms with E-state index < -0.39 is 11.7 Å². The molecule has 2 amide bonds. The molecule has 0 bridgehead atoms. The van der Waals surface area contributed by atoms with Crippen LogP contribution in [-0.2, 0) is 21.7 Å². The first-order valence-electron chi connectivity index (χ1n) is 8.73. The summed E-state index contributed by atoms with van der Waals surface area (Å²) in [5.41, 5.74) is -0.0530. The number of hydrogen-bond donors (Lipinski definition) is 1. The maximum Gasteiger partial charge on any atom is 0.255 e. The number of carbonyl (C=O) groups is 2. The van der Waals surface area contributed by atoms with Gasteiger partial charge in [0.05, 0.1) is 12.1 Å². The van der Waals surface area contributed by atoms with Crippen LogP contribution in [0.2, 0.25) is 0 Å². The second kappa shape index (κ2) is 6.53. The van der Waals surface area contributed by atoms with Gasteiger partial charge in [-0.1, -0.05) is 0 Å². The van der Waals surface area contributed by atoms with Crippen molar-refractivity contribution in [2.75, 3.05) is 20.1 Å². The molecule has 0 saturated carbocycles. The van der Waals surface area contributed by atoms with Crippen LogP contribution in [0.15, 0.2) is 36.9 Å². The van der Waals surface area contributed by atoms with Gasteiger partial charge in [0.2, 0.25) is 0 Å². The summed E-state index contributed by atoms with van der Waals surface area (Å²) in [7, 11) is 1.61. The Morgan fingerprint density at radius 2 is 2.12 bits per heavy atom. The van der Waals surface area contributed by atoms with Crippen LogP contribution >= 0.6 is 0 Å². The first kappa shape index (κ1) is 16.7. The average molecular weight is 355 g/mol. The van der Waals surface area contributed by atoms with Crippen LogP contribution < -0.4 is 5.32 Å². The molecular weight excluding hydrogens is 334 g/mol. The molecule has 8 nitrogen and oxygen atoms in total. The van der Waals surface area contributed by atoms with Crippen molar-refractivity contribution in [3.8, 4) is 0 Å². The number of likely N-dealkylation sites (N-methyl/N-ethyl adjacent to an activating group) is 1. The number of carbonyl (C=O) groups excluding carboxylic acids is 2. The highest BCUT2D eigenvalue weighted by atomic mass is 16.5. The van der Waals surface area contributed by atoms with E-state index in [4.69, 9.17) is 4.74 Å². The molecule has 8 heteroatoms. The van der Waals surface area contributed by atoms with Gasteiger partial charge in [0.25, 0.3) is 11.8 Å². The monoisotopic (exact) mass is 355 g/mol. The van der Waals surface area contributed by atoms with Crippen LogP contribution in [0.4, 0.5) is 0 Å². The number of pyridine rings is 1. The number of piperidine rings is 1. The molecule has 26 heavy (non-hydrogen) atoms. The van der Waals surface area contributed by atoms with E-state index in [9.17, 15) is 9.59 Å². The van der Waals surface area contributed by atoms with Crippen LogP contribution in [0.5, 0.6) is 0 Å². The van der Waals surface area contributed by atoms with Gasteiger partial charge >= 0.3 is 0 Å². The van der Waals surface area contributed by atoms with Gasteiger partial charge in [-0.05, 0) is 12.1 Å². The molecule has 0 aromatic carbocycles. The lowest BCUT2D eigenvalue weighted by Gasteiger charge is -2.45. The van der Waals surface area contributed by atoms with E-state index in [0.29, 0.717) is 38.0 Å². The predicted molar refractivity (Wildman–Crippen MR) is 92.2 cm³/mol. The molecule has 2 aromatic heterocycles. The van der Waals surface area contributed by atoms with E-state index in [1.165, 1.54) is 0 Å². The molecule has 1 N–H and O–H groups in total. The summed E-state index contributed by atoms with van der Waals surface area (Å²) in [6, 6.07) is 3.53. The maximum absolute atomic E-state index is 12.6. The SMILES string of the molecule is CNC(=O)[C@H]1Cn2ccnc2C2(CCN(C(=O)c3cccnc3)CC2)O1. The van der Waals surface area contributed by atoms with Gasteiger partial charge in [0, 0.05) is 57.8 Å². The fraction of sp³-hybridized carbons (Fsp3) is 0.444. The van der Waals surface area contributed by atoms with Crippen LogP contribution in [0.25, 0.3) is 0 Å². The molecule has 1 spiro atoms. The maximum atomic E-state index is 12.6. The summed E-state index contributed by atoms with van der Waals surface area (Å²) in [4.78, 5) is 35.1. The summed E-state index contributed by atoms with van der Waals surface area (Å²) in [5, 5.41) is 2.66. The Morgan fingerprint density at radius 3 is 2.81 bits per heavy atom. The standard InChI is InChI=1S/C18H21N5O3/c1-19-15(24)14-12-23-10-7-21-17(23)18(26-14)4-8-22(9-5-18)16(25)13-3-2-6-20-11-13/h2-3,6-7,10-11,14H,4-5,8-9,12H2,1H3,(H,19,24)/t14-/m1/s1. The van der Waals surface area contributed by atoms with Crippen LogP contribution in [0.1, 0.15) is 29.0 Å². The van der Waals surface area contributed by atoms with Crippen molar-refractivity contribution in [2.45, 2.75) is 31.1 Å². The Morgan fingerprint density at radius 1 is 1.31 bits per heavy atom. The van der Waals surface area contributed by atoms with Crippen molar-refractivity contribution in [3.63, 3.8) is 0 Å². The van der Waals surface area contributed by atoms with Crippen LogP contribution in [-0.4, -0.2) is 57.5 Å². The molecule has 4 rings (SSSR count). The fourth-order valence-electron chi connectivity index (χ4n) is 3.78. The molecule has 2 aliphatic heterocycles. The Bertz CT molecular complexity index is 811. The minimum Gasteiger partial charge on any atom is -0.357 e. The summed E-state index contributed by atoms with van der Waals surface area (Å²) in [6.45, 7) is 1.54. The molecule has 1 saturated heterocycles. The summed E-state index contributed by atoms with van der Waals surface area (Å²) >= 11 is 0. The lowest BCUT2D eigenvalue weighted by atomic mass is 9.88. The molecule has 1 atom stereocenters. The van der Waals surface area contributed by atoms with E-state index in [2.05, 4.69) is 15.3 Å². The van der Waals surface area contributed by atoms with Crippen molar-refractivity contribution in [2.24, 2.45) is 0 Å². The molecule has 2 aliphatic rings. The molecule has 2 aromatic rings. The number of nitrogens with one attached hydrogen (secondary N) is 1. The van der Waals surface area contributed by atoms with Gasteiger partial charge < -0.3 is 19.5 Å². The summed E-state index contributed by atoms with van der Waals surface area (Å²) < 4.78 is 8.23. The molecule has 1 fully saturated rings. The van der Waals surface area contributed by atoms with Gasteiger partial charge in [0.15, 0.2) is 6.10 Å². The fourth-order valence-corrected chi connectivity index (χ4v) is 3.78. The van der Waals surface area contributed by atoms with E-state index in [-0.39, 0.29) is 11.8 Å². The van der Waals surface area contributed by atoms with Crippen molar-refractivity contribution in [1.29, 1.82) is 0 Å². The van der Waals surface area contributed by atoms with E-state index in [1.54, 1.807) is 37.8 Å². The third-order valence-corrected chi connectivity index (χ3v) is 5.16. The zero-order valence-corrected chi connectivity index (χ0v) is 14.6. The van der Waals surface area contributed by atoms with Crippen LogP contribution in [0.3, 0.4) is 0 Å². The number of hydrogen-bond acceptors (Lipinski definition) is 5. The second-order valence-electron chi connectivity index (χ2n) is 6.65. The number of imidazole rings is 1. The molecule has 0 unspecified atom stereocenters. The highest BCUT2D eigenvalue weighted by Gasteiger charge is 2.47. The predicted octanol–water partition coefficient (Wildman–Crippen LogP) is 0.554. The van der Waals surface area contributed by atoms with Crippen molar-refractivity contribution < 1.29 is 14.3 Å². The number of amides is 2. The van der Waals surface area contributed by atoms with E-state index in [1.807, 2.05) is 15.7 Å². The van der Waals surface area contributed by atoms with Gasteiger partial charge in [-0.3, -0.25) is 14.6 Å². The first-order chi connectivity index (χ1) is 12.6. The third kappa shape index (κ3) is 2.76. The number of nitrogens with zero attached hydrogens (tertiary/aromatic N) is 4. The second-order valence-corrected chi connectivity index (χ2v) is 6.65. The highest BCUT2D eigenvalue weighted by molar-refractivity contribution is 5.93. The van der Waals surface area contributed by atoms with Gasteiger partial charge in [0.1, 0.15) is 11.4 Å². The number of rotatable bonds is 2. The zero-order chi connectivity index (χ0) is 18.1. The highest BCUT2D eigenvalue weighted by Crippen LogP contribution is 2.40. The van der Waals surface area contributed by atoms with Gasteiger partial charge in [-0.25, -0.2) is 4.98 Å². The van der Waals surface area contributed by atoms with Gasteiger partial charge in [-0.15, -0.1) is 0 Å². The normalized spacial score (nSPS) is 21.3. The lowest BCUT2D eigenvalue weighted by molar-refractivity contribution is -0.171. The Balaban J connectivity index is 1.54. The lowest BCUT2D eigenvalue weighted by Crippen LogP contribution is -2.54. The zero-order valence-electron chi connectivity index (χ0n) is 14.6. The molecule has 4 heterocycles.